The van der Waals surface area contributed by atoms with Gasteiger partial charge in [0.1, 0.15) is 5.75 Å². The number of fused-ring (bicyclic) bond motifs is 2. The van der Waals surface area contributed by atoms with Gasteiger partial charge >= 0.3 is 6.03 Å². The molecule has 1 aromatic rings. The molecular weight excluding hydrogens is 300 g/mol. The molecule has 3 aliphatic rings. The normalized spacial score (nSPS) is 29.6. The third kappa shape index (κ3) is 2.87. The Bertz CT molecular complexity index is 566. The van der Waals surface area contributed by atoms with E-state index < -0.39 is 0 Å². The number of likely N-dealkylation sites (tertiary alicyclic amines) is 1. The van der Waals surface area contributed by atoms with Gasteiger partial charge in [-0.25, -0.2) is 4.79 Å². The Kier molecular flexibility index (Phi) is 4.38. The molecule has 2 unspecified atom stereocenters. The highest BCUT2D eigenvalue weighted by Crippen LogP contribution is 2.43. The molecule has 2 atom stereocenters. The molecule has 3 fully saturated rings. The first-order chi connectivity index (χ1) is 11.8. The minimum absolute atomic E-state index is 0.315. The minimum atomic E-state index is 0.315. The zero-order valence-electron chi connectivity index (χ0n) is 14.6. The van der Waals surface area contributed by atoms with Gasteiger partial charge in [0, 0.05) is 25.2 Å². The third-order valence-electron chi connectivity index (χ3n) is 6.17. The van der Waals surface area contributed by atoms with Crippen LogP contribution in [0.4, 0.5) is 4.79 Å². The number of urea groups is 1. The van der Waals surface area contributed by atoms with Crippen LogP contribution < -0.4 is 4.74 Å². The van der Waals surface area contributed by atoms with Crippen LogP contribution in [0.1, 0.15) is 56.4 Å². The Morgan fingerprint density at radius 2 is 1.62 bits per heavy atom. The average molecular weight is 328 g/mol. The van der Waals surface area contributed by atoms with Gasteiger partial charge in [0.25, 0.3) is 0 Å². The summed E-state index contributed by atoms with van der Waals surface area (Å²) in [6.07, 6.45) is 8.20. The van der Waals surface area contributed by atoms with Crippen molar-refractivity contribution in [2.24, 2.45) is 0 Å². The summed E-state index contributed by atoms with van der Waals surface area (Å²) in [6.45, 7) is 1.91. The molecule has 0 spiro atoms. The van der Waals surface area contributed by atoms with Crippen LogP contribution in [0.25, 0.3) is 0 Å². The number of benzene rings is 1. The number of hydrogen-bond acceptors (Lipinski definition) is 2. The SMILES string of the molecule is COc1ccc(C2CC3CCC(C2)N3C(=O)N2CCCCC2)cc1. The Labute approximate surface area is 144 Å². The molecule has 4 rings (SSSR count). The molecule has 4 nitrogen and oxygen atoms in total. The number of nitrogens with zero attached hydrogens (tertiary/aromatic N) is 2. The first kappa shape index (κ1) is 15.8. The summed E-state index contributed by atoms with van der Waals surface area (Å²) in [5.74, 6) is 1.50. The summed E-state index contributed by atoms with van der Waals surface area (Å²) in [6, 6.07) is 9.70. The van der Waals surface area contributed by atoms with Crippen molar-refractivity contribution in [3.8, 4) is 5.75 Å². The van der Waals surface area contributed by atoms with Gasteiger partial charge in [0.15, 0.2) is 0 Å². The fourth-order valence-corrected chi connectivity index (χ4v) is 4.89. The second-order valence-corrected chi connectivity index (χ2v) is 7.56. The van der Waals surface area contributed by atoms with E-state index in [-0.39, 0.29) is 0 Å². The summed E-state index contributed by atoms with van der Waals surface area (Å²) in [7, 11) is 1.71. The number of methoxy groups -OCH3 is 1. The summed E-state index contributed by atoms with van der Waals surface area (Å²) in [5, 5.41) is 0. The Balaban J connectivity index is 1.45. The number of amides is 2. The molecule has 0 aliphatic carbocycles. The van der Waals surface area contributed by atoms with Gasteiger partial charge in [-0.05, 0) is 68.6 Å². The van der Waals surface area contributed by atoms with Crippen LogP contribution in [0.5, 0.6) is 5.75 Å². The van der Waals surface area contributed by atoms with E-state index in [1.54, 1.807) is 7.11 Å². The van der Waals surface area contributed by atoms with Crippen LogP contribution in [0, 0.1) is 0 Å². The summed E-state index contributed by atoms with van der Waals surface area (Å²) in [4.78, 5) is 17.3. The molecule has 0 N–H and O–H groups in total. The quantitative estimate of drug-likeness (QED) is 0.822. The highest BCUT2D eigenvalue weighted by atomic mass is 16.5. The molecule has 3 saturated heterocycles. The van der Waals surface area contributed by atoms with Gasteiger partial charge < -0.3 is 14.5 Å². The average Bonchev–Trinajstić information content (AvgIpc) is 2.91. The maximum atomic E-state index is 13.0. The minimum Gasteiger partial charge on any atom is -0.497 e. The molecule has 130 valence electrons. The summed E-state index contributed by atoms with van der Waals surface area (Å²) < 4.78 is 5.27. The molecule has 3 heterocycles. The van der Waals surface area contributed by atoms with E-state index in [0.29, 0.717) is 24.0 Å². The molecule has 4 heteroatoms. The second-order valence-electron chi connectivity index (χ2n) is 7.56. The van der Waals surface area contributed by atoms with Crippen molar-refractivity contribution in [1.82, 2.24) is 9.80 Å². The van der Waals surface area contributed by atoms with Crippen LogP contribution in [0.2, 0.25) is 0 Å². The number of ether oxygens (including phenoxy) is 1. The lowest BCUT2D eigenvalue weighted by Crippen LogP contribution is -2.53. The molecule has 2 bridgehead atoms. The van der Waals surface area contributed by atoms with E-state index in [2.05, 4.69) is 34.1 Å². The maximum Gasteiger partial charge on any atom is 0.320 e. The maximum absolute atomic E-state index is 13.0. The van der Waals surface area contributed by atoms with Crippen LogP contribution in [-0.4, -0.2) is 48.1 Å². The molecule has 3 aliphatic heterocycles. The molecule has 0 saturated carbocycles. The van der Waals surface area contributed by atoms with Gasteiger partial charge in [-0.3, -0.25) is 0 Å². The predicted octanol–water partition coefficient (Wildman–Crippen LogP) is 4.01. The lowest BCUT2D eigenvalue weighted by atomic mass is 9.85. The van der Waals surface area contributed by atoms with Crippen LogP contribution in [0.3, 0.4) is 0 Å². The first-order valence-corrected chi connectivity index (χ1v) is 9.47. The lowest BCUT2D eigenvalue weighted by Gasteiger charge is -2.42. The highest BCUT2D eigenvalue weighted by molar-refractivity contribution is 5.76. The van der Waals surface area contributed by atoms with Crippen LogP contribution in [-0.2, 0) is 0 Å². The summed E-state index contributed by atoms with van der Waals surface area (Å²) in [5.41, 5.74) is 1.40. The monoisotopic (exact) mass is 328 g/mol. The smallest absolute Gasteiger partial charge is 0.320 e. The van der Waals surface area contributed by atoms with Gasteiger partial charge in [0.2, 0.25) is 0 Å². The zero-order valence-corrected chi connectivity index (χ0v) is 14.6. The van der Waals surface area contributed by atoms with Crippen molar-refractivity contribution in [3.05, 3.63) is 29.8 Å². The second kappa shape index (κ2) is 6.66. The number of rotatable bonds is 2. The topological polar surface area (TPSA) is 32.8 Å². The standard InChI is InChI=1S/C20H28N2O2/c1-24-19-9-5-15(6-10-19)16-13-17-7-8-18(14-16)22(17)20(23)21-11-3-2-4-12-21/h5-6,9-10,16-18H,2-4,7-8,11-14H2,1H3. The number of piperidine rings is 2. The molecular formula is C20H28N2O2. The molecule has 0 radical (unpaired) electrons. The number of hydrogen-bond donors (Lipinski definition) is 0. The van der Waals surface area contributed by atoms with Crippen LogP contribution in [0.15, 0.2) is 24.3 Å². The van der Waals surface area contributed by atoms with Crippen molar-refractivity contribution in [2.45, 2.75) is 62.9 Å². The fraction of sp³-hybridized carbons (Fsp3) is 0.650. The molecule has 0 aromatic heterocycles. The van der Waals surface area contributed by atoms with Crippen LogP contribution >= 0.6 is 0 Å². The van der Waals surface area contributed by atoms with E-state index >= 15 is 0 Å². The van der Waals surface area contributed by atoms with Gasteiger partial charge in [-0.15, -0.1) is 0 Å². The van der Waals surface area contributed by atoms with Crippen molar-refractivity contribution in [1.29, 1.82) is 0 Å². The van der Waals surface area contributed by atoms with Crippen molar-refractivity contribution >= 4 is 6.03 Å². The van der Waals surface area contributed by atoms with Gasteiger partial charge in [-0.2, -0.15) is 0 Å². The zero-order chi connectivity index (χ0) is 16.5. The van der Waals surface area contributed by atoms with E-state index in [4.69, 9.17) is 4.74 Å². The van der Waals surface area contributed by atoms with Crippen molar-refractivity contribution < 1.29 is 9.53 Å². The fourth-order valence-electron chi connectivity index (χ4n) is 4.89. The van der Waals surface area contributed by atoms with Gasteiger partial charge in [-0.1, -0.05) is 12.1 Å². The predicted molar refractivity (Wildman–Crippen MR) is 94.4 cm³/mol. The third-order valence-corrected chi connectivity index (χ3v) is 6.17. The van der Waals surface area contributed by atoms with E-state index in [9.17, 15) is 4.79 Å². The van der Waals surface area contributed by atoms with Crippen molar-refractivity contribution in [3.63, 3.8) is 0 Å². The van der Waals surface area contributed by atoms with E-state index in [0.717, 1.165) is 31.7 Å². The Hall–Kier alpha value is -1.71. The molecule has 2 amide bonds. The van der Waals surface area contributed by atoms with E-state index in [1.807, 2.05) is 0 Å². The van der Waals surface area contributed by atoms with Gasteiger partial charge in [0.05, 0.1) is 7.11 Å². The van der Waals surface area contributed by atoms with E-state index in [1.165, 1.54) is 37.7 Å². The van der Waals surface area contributed by atoms with Crippen molar-refractivity contribution in [2.75, 3.05) is 20.2 Å². The Morgan fingerprint density at radius 1 is 1.00 bits per heavy atom. The first-order valence-electron chi connectivity index (χ1n) is 9.47. The summed E-state index contributed by atoms with van der Waals surface area (Å²) >= 11 is 0. The lowest BCUT2D eigenvalue weighted by molar-refractivity contribution is 0.0991. The molecule has 1 aromatic carbocycles. The largest absolute Gasteiger partial charge is 0.497 e. The highest BCUT2D eigenvalue weighted by Gasteiger charge is 2.44. The number of carbonyl (C=O) groups excluding carboxylic acids is 1. The Morgan fingerprint density at radius 3 is 2.21 bits per heavy atom. The number of carbonyl (C=O) groups is 1. The molecule has 24 heavy (non-hydrogen) atoms.